The zero-order chi connectivity index (χ0) is 21.6. The molecule has 0 bridgehead atoms. The standard InChI is InChI=1S/C10H13N5O4.CH4N2O.H3O4P/c11-8-5-9(13-2-12-8)15(3-14-5)10-7(18)6(17)4(1-16)19-10;2-1(3)4;1-5(2,3)4/h2-4,6-7,10,16-18H,1H2,(H2,11,12,13);(H4,2,3,4);(H3,1,2,3,4)/t4-,6-,7-,10-;;/m1../s1. The number of nitrogens with zero attached hydrogens (tertiary/aromatic N) is 4. The first kappa shape index (κ1) is 23.6. The van der Waals surface area contributed by atoms with E-state index in [1.54, 1.807) is 0 Å². The smallest absolute Gasteiger partial charge is 0.394 e. The van der Waals surface area contributed by atoms with Crippen LogP contribution in [-0.2, 0) is 9.30 Å². The molecule has 0 spiro atoms. The second-order valence-corrected chi connectivity index (χ2v) is 6.25. The predicted octanol–water partition coefficient (Wildman–Crippen LogP) is -3.88. The number of fused-ring (bicyclic) bond motifs is 1. The molecule has 28 heavy (non-hydrogen) atoms. The van der Waals surface area contributed by atoms with Crippen LogP contribution in [0.15, 0.2) is 12.7 Å². The van der Waals surface area contributed by atoms with Gasteiger partial charge in [-0.3, -0.25) is 4.57 Å². The van der Waals surface area contributed by atoms with E-state index in [2.05, 4.69) is 26.4 Å². The number of nitrogens with two attached hydrogens (primary N) is 3. The quantitative estimate of drug-likeness (QED) is 0.208. The summed E-state index contributed by atoms with van der Waals surface area (Å²) in [6.45, 7) is -0.390. The number of hydrogen-bond donors (Lipinski definition) is 9. The molecule has 16 nitrogen and oxygen atoms in total. The third kappa shape index (κ3) is 6.63. The molecular formula is C11H20N7O9P. The summed E-state index contributed by atoms with van der Waals surface area (Å²) >= 11 is 0. The fourth-order valence-electron chi connectivity index (χ4n) is 2.17. The average Bonchev–Trinajstić information content (AvgIpc) is 3.09. The predicted molar refractivity (Wildman–Crippen MR) is 90.8 cm³/mol. The summed E-state index contributed by atoms with van der Waals surface area (Å²) in [5.41, 5.74) is 14.9. The van der Waals surface area contributed by atoms with Gasteiger partial charge in [0.1, 0.15) is 30.2 Å². The number of nitrogen functional groups attached to an aromatic ring is 1. The molecule has 0 aliphatic carbocycles. The van der Waals surface area contributed by atoms with Crippen molar-refractivity contribution in [2.75, 3.05) is 12.3 Å². The van der Waals surface area contributed by atoms with Gasteiger partial charge in [0.2, 0.25) is 0 Å². The largest absolute Gasteiger partial charge is 0.466 e. The maximum absolute atomic E-state index is 9.95. The van der Waals surface area contributed by atoms with Gasteiger partial charge in [-0.15, -0.1) is 0 Å². The van der Waals surface area contributed by atoms with Crippen LogP contribution in [0.4, 0.5) is 10.6 Å². The van der Waals surface area contributed by atoms with Crippen LogP contribution in [0.1, 0.15) is 6.23 Å². The highest BCUT2D eigenvalue weighted by Crippen LogP contribution is 2.31. The maximum Gasteiger partial charge on any atom is 0.466 e. The minimum Gasteiger partial charge on any atom is -0.394 e. The van der Waals surface area contributed by atoms with Gasteiger partial charge < -0.3 is 51.9 Å². The lowest BCUT2D eigenvalue weighted by molar-refractivity contribution is -0.0511. The molecule has 12 N–H and O–H groups in total. The summed E-state index contributed by atoms with van der Waals surface area (Å²) in [6, 6.07) is -0.833. The van der Waals surface area contributed by atoms with Crippen molar-refractivity contribution < 1.29 is 44.1 Å². The van der Waals surface area contributed by atoms with Gasteiger partial charge in [-0.2, -0.15) is 0 Å². The highest BCUT2D eigenvalue weighted by Gasteiger charge is 2.43. The van der Waals surface area contributed by atoms with Gasteiger partial charge in [-0.25, -0.2) is 24.3 Å². The van der Waals surface area contributed by atoms with Crippen LogP contribution >= 0.6 is 7.82 Å². The molecule has 2 aromatic heterocycles. The van der Waals surface area contributed by atoms with Crippen LogP contribution in [0.5, 0.6) is 0 Å². The van der Waals surface area contributed by atoms with Crippen LogP contribution in [-0.4, -0.2) is 80.5 Å². The van der Waals surface area contributed by atoms with E-state index in [0.717, 1.165) is 0 Å². The number of aliphatic hydroxyl groups is 3. The van der Waals surface area contributed by atoms with Crippen molar-refractivity contribution in [2.45, 2.75) is 24.5 Å². The number of carbonyl (C=O) groups is 1. The lowest BCUT2D eigenvalue weighted by atomic mass is 10.1. The van der Waals surface area contributed by atoms with Crippen molar-refractivity contribution in [1.29, 1.82) is 0 Å². The number of urea groups is 1. The molecule has 17 heteroatoms. The monoisotopic (exact) mass is 425 g/mol. The lowest BCUT2D eigenvalue weighted by Crippen LogP contribution is -2.33. The Balaban J connectivity index is 0.000000369. The van der Waals surface area contributed by atoms with E-state index in [-0.39, 0.29) is 5.82 Å². The average molecular weight is 425 g/mol. The molecule has 0 unspecified atom stereocenters. The first-order valence-corrected chi connectivity index (χ1v) is 8.82. The molecule has 1 aliphatic rings. The fourth-order valence-corrected chi connectivity index (χ4v) is 2.17. The molecule has 3 heterocycles. The van der Waals surface area contributed by atoms with Gasteiger partial charge >= 0.3 is 13.9 Å². The van der Waals surface area contributed by atoms with Crippen molar-refractivity contribution in [2.24, 2.45) is 11.5 Å². The van der Waals surface area contributed by atoms with E-state index in [1.807, 2.05) is 0 Å². The molecule has 1 aliphatic heterocycles. The number of hydrogen-bond acceptors (Lipinski definition) is 10. The topological polar surface area (TPSA) is 286 Å². The Bertz CT molecular complexity index is 831. The number of amides is 2. The zero-order valence-corrected chi connectivity index (χ0v) is 14.9. The number of rotatable bonds is 2. The molecule has 158 valence electrons. The highest BCUT2D eigenvalue weighted by atomic mass is 31.2. The number of anilines is 1. The van der Waals surface area contributed by atoms with E-state index >= 15 is 0 Å². The van der Waals surface area contributed by atoms with E-state index in [4.69, 9.17) is 39.6 Å². The Hall–Kier alpha value is -2.43. The fraction of sp³-hybridized carbons (Fsp3) is 0.455. The Morgan fingerprint density at radius 3 is 2.18 bits per heavy atom. The zero-order valence-electron chi connectivity index (χ0n) is 14.0. The van der Waals surface area contributed by atoms with Crippen molar-refractivity contribution in [1.82, 2.24) is 19.5 Å². The first-order valence-electron chi connectivity index (χ1n) is 7.25. The van der Waals surface area contributed by atoms with Crippen LogP contribution in [0.2, 0.25) is 0 Å². The van der Waals surface area contributed by atoms with Crippen LogP contribution < -0.4 is 17.2 Å². The van der Waals surface area contributed by atoms with Crippen LogP contribution in [0.3, 0.4) is 0 Å². The summed E-state index contributed by atoms with van der Waals surface area (Å²) in [7, 11) is -4.64. The number of carbonyl (C=O) groups excluding carboxylic acids is 1. The molecular weight excluding hydrogens is 405 g/mol. The lowest BCUT2D eigenvalue weighted by Gasteiger charge is -2.16. The second kappa shape index (κ2) is 9.67. The highest BCUT2D eigenvalue weighted by molar-refractivity contribution is 7.45. The van der Waals surface area contributed by atoms with Crippen LogP contribution in [0.25, 0.3) is 11.2 Å². The van der Waals surface area contributed by atoms with Gasteiger partial charge in [0.25, 0.3) is 0 Å². The number of ether oxygens (including phenoxy) is 1. The van der Waals surface area contributed by atoms with Crippen molar-refractivity contribution >= 4 is 30.8 Å². The summed E-state index contributed by atoms with van der Waals surface area (Å²) in [5.74, 6) is 0.218. The molecule has 2 aromatic rings. The van der Waals surface area contributed by atoms with E-state index in [9.17, 15) is 10.2 Å². The minimum atomic E-state index is -4.64. The van der Waals surface area contributed by atoms with Gasteiger partial charge in [0.15, 0.2) is 17.7 Å². The SMILES string of the molecule is NC(N)=O.Nc1ncnc2c1ncn2[C@@H]1O[C@H](CO)[C@@H](O)[C@H]1O.O=P(O)(O)O. The van der Waals surface area contributed by atoms with Crippen molar-refractivity contribution in [3.05, 3.63) is 12.7 Å². The number of primary amides is 2. The molecule has 1 fully saturated rings. The Morgan fingerprint density at radius 2 is 1.71 bits per heavy atom. The molecule has 3 rings (SSSR count). The normalized spacial score (nSPS) is 24.1. The summed E-state index contributed by atoms with van der Waals surface area (Å²) in [5, 5.41) is 28.7. The summed E-state index contributed by atoms with van der Waals surface area (Å²) < 4.78 is 15.7. The van der Waals surface area contributed by atoms with Crippen LogP contribution in [0, 0.1) is 0 Å². The summed E-state index contributed by atoms with van der Waals surface area (Å²) in [6.07, 6.45) is -1.42. The molecule has 4 atom stereocenters. The van der Waals surface area contributed by atoms with E-state index in [1.165, 1.54) is 17.2 Å². The number of aliphatic hydroxyl groups excluding tert-OH is 3. The number of phosphoric acid groups is 1. The Kier molecular flexibility index (Phi) is 8.15. The first-order chi connectivity index (χ1) is 12.9. The molecule has 0 saturated carbocycles. The Morgan fingerprint density at radius 1 is 1.18 bits per heavy atom. The Labute approximate surface area is 156 Å². The van der Waals surface area contributed by atoms with E-state index in [0.29, 0.717) is 11.2 Å². The molecule has 0 aromatic carbocycles. The molecule has 0 radical (unpaired) electrons. The minimum absolute atomic E-state index is 0.218. The summed E-state index contributed by atoms with van der Waals surface area (Å²) in [4.78, 5) is 42.5. The van der Waals surface area contributed by atoms with Gasteiger partial charge in [0.05, 0.1) is 12.9 Å². The number of imidazole rings is 1. The molecule has 2 amide bonds. The number of aromatic nitrogens is 4. The van der Waals surface area contributed by atoms with Crippen molar-refractivity contribution in [3.63, 3.8) is 0 Å². The molecule has 1 saturated heterocycles. The van der Waals surface area contributed by atoms with Crippen molar-refractivity contribution in [3.8, 4) is 0 Å². The van der Waals surface area contributed by atoms with Gasteiger partial charge in [-0.05, 0) is 0 Å². The van der Waals surface area contributed by atoms with E-state index < -0.39 is 45.0 Å². The van der Waals surface area contributed by atoms with Gasteiger partial charge in [0, 0.05) is 0 Å². The maximum atomic E-state index is 9.95. The second-order valence-electron chi connectivity index (χ2n) is 5.23. The third-order valence-electron chi connectivity index (χ3n) is 3.18. The van der Waals surface area contributed by atoms with Gasteiger partial charge in [-0.1, -0.05) is 0 Å². The third-order valence-corrected chi connectivity index (χ3v) is 3.18.